The van der Waals surface area contributed by atoms with Gasteiger partial charge in [-0.15, -0.1) is 0 Å². The average Bonchev–Trinajstić information content (AvgIpc) is 3.23. The van der Waals surface area contributed by atoms with Crippen LogP contribution in [0.15, 0.2) is 18.3 Å². The maximum absolute atomic E-state index is 8.36. The summed E-state index contributed by atoms with van der Waals surface area (Å²) in [5.74, 6) is 2.57. The molecule has 2 N–H and O–H groups in total. The Hall–Kier alpha value is -2.19. The van der Waals surface area contributed by atoms with Gasteiger partial charge in [0.2, 0.25) is 5.88 Å². The molecule has 0 amide bonds. The average molecular weight is 396 g/mol. The molecule has 0 saturated heterocycles. The molecule has 1 aromatic rings. The van der Waals surface area contributed by atoms with Crippen molar-refractivity contribution in [3.05, 3.63) is 23.9 Å². The molecule has 8 heteroatoms. The van der Waals surface area contributed by atoms with Crippen LogP contribution in [0.2, 0.25) is 0 Å². The van der Waals surface area contributed by atoms with Crippen LogP contribution in [-0.4, -0.2) is 78.3 Å². The summed E-state index contributed by atoms with van der Waals surface area (Å²) in [6.45, 7) is 0.484. The molecule has 28 heavy (non-hydrogen) atoms. The fourth-order valence-corrected chi connectivity index (χ4v) is 4.38. The quantitative estimate of drug-likeness (QED) is 0.730. The fraction of sp³-hybridized carbons (Fsp3) is 0.650. The highest BCUT2D eigenvalue weighted by Gasteiger charge is 2.43. The summed E-state index contributed by atoms with van der Waals surface area (Å²) in [4.78, 5) is 26.0. The van der Waals surface area contributed by atoms with Crippen LogP contribution in [0.25, 0.3) is 0 Å². The summed E-state index contributed by atoms with van der Waals surface area (Å²) in [7, 11) is 8.38. The lowest BCUT2D eigenvalue weighted by Gasteiger charge is -2.27. The van der Waals surface area contributed by atoms with Crippen molar-refractivity contribution in [2.75, 3.05) is 28.3 Å². The van der Waals surface area contributed by atoms with Crippen molar-refractivity contribution in [3.8, 4) is 5.88 Å². The number of nitrogens with zero attached hydrogens (tertiary/aromatic N) is 3. The van der Waals surface area contributed by atoms with Crippen LogP contribution < -0.4 is 4.74 Å². The smallest absolute Gasteiger partial charge is 0.290 e. The summed E-state index contributed by atoms with van der Waals surface area (Å²) in [5, 5.41) is 13.8. The van der Waals surface area contributed by atoms with Crippen LogP contribution in [0.3, 0.4) is 0 Å². The highest BCUT2D eigenvalue weighted by molar-refractivity contribution is 5.33. The summed E-state index contributed by atoms with van der Waals surface area (Å²) < 4.78 is 5.12. The predicted octanol–water partition coefficient (Wildman–Crippen LogP) is 2.04. The predicted molar refractivity (Wildman–Crippen MR) is 106 cm³/mol. The van der Waals surface area contributed by atoms with E-state index >= 15 is 0 Å². The van der Waals surface area contributed by atoms with Crippen LogP contribution >= 0.6 is 0 Å². The highest BCUT2D eigenvalue weighted by atomic mass is 16.5. The molecule has 2 aliphatic carbocycles. The molecule has 2 aliphatic rings. The Morgan fingerprint density at radius 1 is 1.04 bits per heavy atom. The first-order chi connectivity index (χ1) is 13.4. The monoisotopic (exact) mass is 395 g/mol. The van der Waals surface area contributed by atoms with Crippen molar-refractivity contribution in [2.24, 2.45) is 11.8 Å². The summed E-state index contributed by atoms with van der Waals surface area (Å²) >= 11 is 0. The largest absolute Gasteiger partial charge is 0.483 e. The highest BCUT2D eigenvalue weighted by Crippen LogP contribution is 2.46. The molecule has 0 radical (unpaired) electrons. The standard InChI is InChI=1S/C18H29N3O.2CH2O2/c1-20(2)16-7-14-9-17(10-15(14)8-16)21(3)12-13-5-6-18(22-4)19-11-13;2*2-1-3/h5-6,11,14-17H,7-10,12H2,1-4H3;2*1H,(H,2,3)/t14-,15+,16?,17?;;. The van der Waals surface area contributed by atoms with E-state index in [0.29, 0.717) is 5.88 Å². The number of carbonyl (C=O) groups is 2. The Kier molecular flexibility index (Phi) is 10.5. The zero-order valence-electron chi connectivity index (χ0n) is 17.2. The second-order valence-electron chi connectivity index (χ2n) is 7.57. The van der Waals surface area contributed by atoms with Gasteiger partial charge in [0.05, 0.1) is 7.11 Å². The zero-order chi connectivity index (χ0) is 21.1. The number of fused-ring (bicyclic) bond motifs is 1. The number of rotatable bonds is 5. The Labute approximate surface area is 167 Å². The third-order valence-electron chi connectivity index (χ3n) is 5.76. The number of methoxy groups -OCH3 is 1. The van der Waals surface area contributed by atoms with E-state index in [-0.39, 0.29) is 12.9 Å². The van der Waals surface area contributed by atoms with E-state index in [4.69, 9.17) is 24.5 Å². The van der Waals surface area contributed by atoms with Gasteiger partial charge in [0, 0.05) is 30.9 Å². The molecule has 0 spiro atoms. The van der Waals surface area contributed by atoms with Crippen LogP contribution in [0.5, 0.6) is 5.88 Å². The van der Waals surface area contributed by atoms with Gasteiger partial charge < -0.3 is 19.8 Å². The van der Waals surface area contributed by atoms with Gasteiger partial charge in [-0.2, -0.15) is 0 Å². The molecular weight excluding hydrogens is 362 g/mol. The number of hydrogen-bond acceptors (Lipinski definition) is 6. The molecule has 1 aromatic heterocycles. The van der Waals surface area contributed by atoms with Gasteiger partial charge >= 0.3 is 0 Å². The molecular formula is C20H33N3O5. The maximum Gasteiger partial charge on any atom is 0.290 e. The van der Waals surface area contributed by atoms with Crippen molar-refractivity contribution < 1.29 is 24.5 Å². The molecule has 8 nitrogen and oxygen atoms in total. The molecule has 0 bridgehead atoms. The van der Waals surface area contributed by atoms with E-state index in [2.05, 4.69) is 42.0 Å². The van der Waals surface area contributed by atoms with E-state index in [1.165, 1.54) is 31.2 Å². The SMILES string of the molecule is COc1ccc(CN(C)C2C[C@H]3CC(N(C)C)C[C@H]3C2)cn1.O=CO.O=CO. The van der Waals surface area contributed by atoms with Crippen molar-refractivity contribution in [2.45, 2.75) is 44.3 Å². The van der Waals surface area contributed by atoms with E-state index in [9.17, 15) is 0 Å². The first-order valence-electron chi connectivity index (χ1n) is 9.41. The molecule has 3 rings (SSSR count). The van der Waals surface area contributed by atoms with Crippen LogP contribution in [0.1, 0.15) is 31.2 Å². The number of hydrogen-bond donors (Lipinski definition) is 2. The normalized spacial score (nSPS) is 25.2. The van der Waals surface area contributed by atoms with Crippen LogP contribution in [0, 0.1) is 11.8 Å². The van der Waals surface area contributed by atoms with E-state index in [0.717, 1.165) is 30.5 Å². The minimum absolute atomic E-state index is 0.250. The van der Waals surface area contributed by atoms with Gasteiger partial charge in [-0.1, -0.05) is 6.07 Å². The first-order valence-corrected chi connectivity index (χ1v) is 9.41. The third-order valence-corrected chi connectivity index (χ3v) is 5.76. The second kappa shape index (κ2) is 12.3. The summed E-state index contributed by atoms with van der Waals surface area (Å²) in [5.41, 5.74) is 1.27. The lowest BCUT2D eigenvalue weighted by atomic mass is 10.0. The third kappa shape index (κ3) is 7.09. The summed E-state index contributed by atoms with van der Waals surface area (Å²) in [6.07, 6.45) is 7.47. The fourth-order valence-electron chi connectivity index (χ4n) is 4.38. The molecule has 1 heterocycles. The van der Waals surface area contributed by atoms with Gasteiger partial charge in [0.25, 0.3) is 12.9 Å². The van der Waals surface area contributed by atoms with Gasteiger partial charge in [0.1, 0.15) is 0 Å². The van der Waals surface area contributed by atoms with E-state index in [1.54, 1.807) is 7.11 Å². The molecule has 2 fully saturated rings. The number of carboxylic acid groups (broad SMARTS) is 2. The molecule has 4 atom stereocenters. The molecule has 2 saturated carbocycles. The molecule has 2 unspecified atom stereocenters. The minimum Gasteiger partial charge on any atom is -0.483 e. The minimum atomic E-state index is -0.250. The molecule has 158 valence electrons. The molecule has 0 aliphatic heterocycles. The zero-order valence-corrected chi connectivity index (χ0v) is 17.2. The van der Waals surface area contributed by atoms with Crippen molar-refractivity contribution >= 4 is 12.9 Å². The Morgan fingerprint density at radius 3 is 1.93 bits per heavy atom. The Bertz CT molecular complexity index is 562. The van der Waals surface area contributed by atoms with Gasteiger partial charge in [-0.25, -0.2) is 4.98 Å². The second-order valence-corrected chi connectivity index (χ2v) is 7.57. The van der Waals surface area contributed by atoms with E-state index in [1.807, 2.05) is 12.3 Å². The van der Waals surface area contributed by atoms with Crippen molar-refractivity contribution in [3.63, 3.8) is 0 Å². The van der Waals surface area contributed by atoms with Crippen molar-refractivity contribution in [1.82, 2.24) is 14.8 Å². The first kappa shape index (κ1) is 23.8. The summed E-state index contributed by atoms with van der Waals surface area (Å²) in [6, 6.07) is 5.63. The Balaban J connectivity index is 0.000000582. The number of ether oxygens (including phenoxy) is 1. The lowest BCUT2D eigenvalue weighted by molar-refractivity contribution is -0.123. The number of pyridine rings is 1. The van der Waals surface area contributed by atoms with Gasteiger partial charge in [0.15, 0.2) is 0 Å². The van der Waals surface area contributed by atoms with Gasteiger partial charge in [-0.3, -0.25) is 14.5 Å². The lowest BCUT2D eigenvalue weighted by Crippen LogP contribution is -2.31. The maximum atomic E-state index is 8.36. The Morgan fingerprint density at radius 2 is 1.54 bits per heavy atom. The topological polar surface area (TPSA) is 103 Å². The van der Waals surface area contributed by atoms with E-state index < -0.39 is 0 Å². The van der Waals surface area contributed by atoms with Crippen LogP contribution in [0.4, 0.5) is 0 Å². The van der Waals surface area contributed by atoms with Gasteiger partial charge in [-0.05, 0) is 64.2 Å². The van der Waals surface area contributed by atoms with Crippen LogP contribution in [-0.2, 0) is 16.1 Å². The molecule has 0 aromatic carbocycles. The van der Waals surface area contributed by atoms with Crippen molar-refractivity contribution in [1.29, 1.82) is 0 Å². The number of aromatic nitrogens is 1.